The van der Waals surface area contributed by atoms with Crippen molar-refractivity contribution in [3.63, 3.8) is 0 Å². The highest BCUT2D eigenvalue weighted by atomic mass is 19.1. The van der Waals surface area contributed by atoms with Crippen LogP contribution < -0.4 is 10.6 Å². The van der Waals surface area contributed by atoms with E-state index in [0.717, 1.165) is 30.8 Å². The smallest absolute Gasteiger partial charge is 0.224 e. The molecule has 20 heavy (non-hydrogen) atoms. The van der Waals surface area contributed by atoms with Crippen LogP contribution >= 0.6 is 0 Å². The lowest BCUT2D eigenvalue weighted by Gasteiger charge is -2.09. The van der Waals surface area contributed by atoms with Gasteiger partial charge in [0.1, 0.15) is 11.6 Å². The van der Waals surface area contributed by atoms with Crippen LogP contribution in [0.1, 0.15) is 25.5 Å². The minimum atomic E-state index is -0.253. The van der Waals surface area contributed by atoms with Gasteiger partial charge < -0.3 is 10.6 Å². The monoisotopic (exact) mass is 274 g/mol. The van der Waals surface area contributed by atoms with Crippen LogP contribution in [-0.4, -0.2) is 16.5 Å². The highest BCUT2D eigenvalue weighted by Crippen LogP contribution is 2.17. The zero-order valence-electron chi connectivity index (χ0n) is 11.8. The molecule has 2 N–H and O–H groups in total. The van der Waals surface area contributed by atoms with Gasteiger partial charge in [-0.15, -0.1) is 0 Å². The maximum absolute atomic E-state index is 12.9. The fraction of sp³-hybridized carbons (Fsp3) is 0.333. The molecule has 0 spiro atoms. The standard InChI is InChI=1S/C15H19FN4/c1-3-4-9-17-15-18-11(2)10-14(20-15)19-13-7-5-12(16)6-8-13/h5-8,10H,3-4,9H2,1-2H3,(H2,17,18,19,20). The first-order valence-electron chi connectivity index (χ1n) is 6.79. The fourth-order valence-corrected chi connectivity index (χ4v) is 1.77. The second-order valence-corrected chi connectivity index (χ2v) is 4.63. The Balaban J connectivity index is 2.09. The molecule has 0 aliphatic carbocycles. The third-order valence-corrected chi connectivity index (χ3v) is 2.78. The van der Waals surface area contributed by atoms with Gasteiger partial charge in [0.25, 0.3) is 0 Å². The second kappa shape index (κ2) is 6.84. The topological polar surface area (TPSA) is 49.8 Å². The summed E-state index contributed by atoms with van der Waals surface area (Å²) in [5.41, 5.74) is 1.67. The maximum atomic E-state index is 12.9. The van der Waals surface area contributed by atoms with E-state index in [0.29, 0.717) is 11.8 Å². The quantitative estimate of drug-likeness (QED) is 0.785. The molecule has 0 saturated carbocycles. The number of nitrogens with zero attached hydrogens (tertiary/aromatic N) is 2. The van der Waals surface area contributed by atoms with Gasteiger partial charge in [0.2, 0.25) is 5.95 Å². The van der Waals surface area contributed by atoms with E-state index in [4.69, 9.17) is 0 Å². The summed E-state index contributed by atoms with van der Waals surface area (Å²) in [4.78, 5) is 8.74. The average Bonchev–Trinajstić information content (AvgIpc) is 2.41. The zero-order valence-corrected chi connectivity index (χ0v) is 11.8. The molecule has 1 heterocycles. The summed E-state index contributed by atoms with van der Waals surface area (Å²) in [5.74, 6) is 1.06. The number of aryl methyl sites for hydroxylation is 1. The second-order valence-electron chi connectivity index (χ2n) is 4.63. The summed E-state index contributed by atoms with van der Waals surface area (Å²) in [5, 5.41) is 6.34. The summed E-state index contributed by atoms with van der Waals surface area (Å²) in [6.07, 6.45) is 2.21. The third kappa shape index (κ3) is 4.19. The molecule has 1 aromatic heterocycles. The summed E-state index contributed by atoms with van der Waals surface area (Å²) in [6, 6.07) is 8.04. The van der Waals surface area contributed by atoms with Gasteiger partial charge in [-0.3, -0.25) is 0 Å². The first-order valence-corrected chi connectivity index (χ1v) is 6.79. The van der Waals surface area contributed by atoms with E-state index < -0.39 is 0 Å². The van der Waals surface area contributed by atoms with Gasteiger partial charge in [-0.2, -0.15) is 4.98 Å². The Morgan fingerprint density at radius 1 is 1.15 bits per heavy atom. The van der Waals surface area contributed by atoms with Crippen molar-refractivity contribution in [3.05, 3.63) is 41.8 Å². The van der Waals surface area contributed by atoms with Crippen molar-refractivity contribution < 1.29 is 4.39 Å². The number of anilines is 3. The van der Waals surface area contributed by atoms with Gasteiger partial charge in [0, 0.05) is 24.0 Å². The number of benzene rings is 1. The lowest BCUT2D eigenvalue weighted by molar-refractivity contribution is 0.628. The zero-order chi connectivity index (χ0) is 14.4. The molecular formula is C15H19FN4. The van der Waals surface area contributed by atoms with Crippen LogP contribution in [0.5, 0.6) is 0 Å². The molecule has 106 valence electrons. The van der Waals surface area contributed by atoms with E-state index in [9.17, 15) is 4.39 Å². The van der Waals surface area contributed by atoms with Gasteiger partial charge >= 0.3 is 0 Å². The summed E-state index contributed by atoms with van der Waals surface area (Å²) >= 11 is 0. The molecule has 0 radical (unpaired) electrons. The first kappa shape index (κ1) is 14.2. The van der Waals surface area contributed by atoms with Gasteiger partial charge in [0.15, 0.2) is 0 Å². The Hall–Kier alpha value is -2.17. The average molecular weight is 274 g/mol. The predicted octanol–water partition coefficient (Wildman–Crippen LogP) is 3.88. The van der Waals surface area contributed by atoms with E-state index in [1.807, 2.05) is 13.0 Å². The van der Waals surface area contributed by atoms with Gasteiger partial charge in [-0.1, -0.05) is 13.3 Å². The van der Waals surface area contributed by atoms with Crippen molar-refractivity contribution in [1.29, 1.82) is 0 Å². The molecule has 0 atom stereocenters. The number of hydrogen-bond donors (Lipinski definition) is 2. The summed E-state index contributed by atoms with van der Waals surface area (Å²) in [6.45, 7) is 4.92. The highest BCUT2D eigenvalue weighted by molar-refractivity contribution is 5.57. The number of rotatable bonds is 6. The molecule has 0 saturated heterocycles. The lowest BCUT2D eigenvalue weighted by atomic mass is 10.3. The molecule has 0 amide bonds. The van der Waals surface area contributed by atoms with Crippen LogP contribution in [0.4, 0.5) is 21.8 Å². The Labute approximate surface area is 118 Å². The molecule has 2 rings (SSSR count). The van der Waals surface area contributed by atoms with Crippen molar-refractivity contribution in [2.45, 2.75) is 26.7 Å². The largest absolute Gasteiger partial charge is 0.354 e. The number of aromatic nitrogens is 2. The SMILES string of the molecule is CCCCNc1nc(C)cc(Nc2ccc(F)cc2)n1. The van der Waals surface area contributed by atoms with Crippen molar-refractivity contribution in [2.24, 2.45) is 0 Å². The Kier molecular flexibility index (Phi) is 4.87. The molecular weight excluding hydrogens is 255 g/mol. The minimum absolute atomic E-state index is 0.253. The maximum Gasteiger partial charge on any atom is 0.224 e. The number of hydrogen-bond acceptors (Lipinski definition) is 4. The molecule has 2 aromatic rings. The van der Waals surface area contributed by atoms with Gasteiger partial charge in [-0.25, -0.2) is 9.37 Å². The summed E-state index contributed by atoms with van der Waals surface area (Å²) in [7, 11) is 0. The normalized spacial score (nSPS) is 10.3. The molecule has 5 heteroatoms. The van der Waals surface area contributed by atoms with Crippen LogP contribution in [0.25, 0.3) is 0 Å². The Morgan fingerprint density at radius 3 is 2.60 bits per heavy atom. The molecule has 0 bridgehead atoms. The van der Waals surface area contributed by atoms with Crippen LogP contribution in [0.2, 0.25) is 0 Å². The van der Waals surface area contributed by atoms with E-state index in [2.05, 4.69) is 27.5 Å². The van der Waals surface area contributed by atoms with Crippen LogP contribution in [0.15, 0.2) is 30.3 Å². The van der Waals surface area contributed by atoms with E-state index in [-0.39, 0.29) is 5.82 Å². The van der Waals surface area contributed by atoms with E-state index in [1.165, 1.54) is 12.1 Å². The third-order valence-electron chi connectivity index (χ3n) is 2.78. The van der Waals surface area contributed by atoms with Gasteiger partial charge in [0.05, 0.1) is 0 Å². The van der Waals surface area contributed by atoms with Crippen molar-refractivity contribution in [1.82, 2.24) is 9.97 Å². The van der Waals surface area contributed by atoms with Crippen molar-refractivity contribution >= 4 is 17.5 Å². The van der Waals surface area contributed by atoms with Crippen LogP contribution in [0.3, 0.4) is 0 Å². The minimum Gasteiger partial charge on any atom is -0.354 e. The van der Waals surface area contributed by atoms with Crippen LogP contribution in [0, 0.1) is 12.7 Å². The highest BCUT2D eigenvalue weighted by Gasteiger charge is 2.02. The van der Waals surface area contributed by atoms with Gasteiger partial charge in [-0.05, 0) is 37.6 Å². The predicted molar refractivity (Wildman–Crippen MR) is 79.8 cm³/mol. The first-order chi connectivity index (χ1) is 9.67. The van der Waals surface area contributed by atoms with E-state index in [1.54, 1.807) is 12.1 Å². The Morgan fingerprint density at radius 2 is 1.90 bits per heavy atom. The lowest BCUT2D eigenvalue weighted by Crippen LogP contribution is -2.07. The number of nitrogens with one attached hydrogen (secondary N) is 2. The van der Waals surface area contributed by atoms with Crippen molar-refractivity contribution in [3.8, 4) is 0 Å². The molecule has 4 nitrogen and oxygen atoms in total. The summed E-state index contributed by atoms with van der Waals surface area (Å²) < 4.78 is 12.9. The molecule has 1 aromatic carbocycles. The van der Waals surface area contributed by atoms with Crippen molar-refractivity contribution in [2.75, 3.05) is 17.2 Å². The van der Waals surface area contributed by atoms with Crippen LogP contribution in [-0.2, 0) is 0 Å². The number of halogens is 1. The fourth-order valence-electron chi connectivity index (χ4n) is 1.77. The molecule has 0 unspecified atom stereocenters. The molecule has 0 aliphatic rings. The number of unbranched alkanes of at least 4 members (excludes halogenated alkanes) is 1. The Bertz CT molecular complexity index is 554. The van der Waals surface area contributed by atoms with E-state index >= 15 is 0 Å². The molecule has 0 aliphatic heterocycles. The molecule has 0 fully saturated rings.